The Morgan fingerprint density at radius 3 is 2.37 bits per heavy atom. The molecular formula is C18H33N7O5. The van der Waals surface area contributed by atoms with Crippen molar-refractivity contribution in [3.63, 3.8) is 0 Å². The van der Waals surface area contributed by atoms with E-state index in [2.05, 4.69) is 25.9 Å². The average Bonchev–Trinajstić information content (AvgIpc) is 3.16. The van der Waals surface area contributed by atoms with E-state index in [0.29, 0.717) is 18.8 Å². The van der Waals surface area contributed by atoms with Crippen LogP contribution in [-0.2, 0) is 4.74 Å². The number of imidazole rings is 1. The van der Waals surface area contributed by atoms with Gasteiger partial charge in [-0.3, -0.25) is 0 Å². The molecule has 1 aromatic heterocycles. The highest BCUT2D eigenvalue weighted by atomic mass is 16.6. The molecule has 0 aromatic carbocycles. The van der Waals surface area contributed by atoms with Crippen LogP contribution in [-0.4, -0.2) is 67.1 Å². The van der Waals surface area contributed by atoms with Crippen molar-refractivity contribution in [2.24, 2.45) is 10.3 Å². The van der Waals surface area contributed by atoms with Gasteiger partial charge in [-0.2, -0.15) is 4.57 Å². The molecule has 170 valence electrons. The summed E-state index contributed by atoms with van der Waals surface area (Å²) in [7, 11) is 0. The minimum absolute atomic E-state index is 0.182. The summed E-state index contributed by atoms with van der Waals surface area (Å²) in [5.41, 5.74) is -0.512. The maximum atomic E-state index is 11.3. The minimum Gasteiger partial charge on any atom is -0.411 e. The number of nitrogens with zero attached hydrogens (tertiary/aromatic N) is 5. The lowest BCUT2D eigenvalue weighted by Gasteiger charge is -2.31. The van der Waals surface area contributed by atoms with Crippen molar-refractivity contribution in [1.82, 2.24) is 20.2 Å². The van der Waals surface area contributed by atoms with Crippen LogP contribution in [0.15, 0.2) is 22.7 Å². The van der Waals surface area contributed by atoms with Gasteiger partial charge in [0, 0.05) is 6.61 Å². The van der Waals surface area contributed by atoms with Gasteiger partial charge in [0.15, 0.2) is 0 Å². The third-order valence-electron chi connectivity index (χ3n) is 4.91. The van der Waals surface area contributed by atoms with Gasteiger partial charge in [-0.1, -0.05) is 15.3 Å². The molecule has 1 heterocycles. The zero-order valence-corrected chi connectivity index (χ0v) is 18.4. The zero-order chi connectivity index (χ0) is 22.9. The highest BCUT2D eigenvalue weighted by molar-refractivity contribution is 5.95. The molecule has 0 bridgehead atoms. The second-order valence-corrected chi connectivity index (χ2v) is 7.83. The summed E-state index contributed by atoms with van der Waals surface area (Å²) in [5, 5.41) is 43.1. The Hall–Kier alpha value is -2.57. The number of oxime groups is 2. The van der Waals surface area contributed by atoms with E-state index in [4.69, 9.17) is 9.94 Å². The Kier molecular flexibility index (Phi) is 9.33. The molecule has 1 aromatic rings. The molecule has 1 atom stereocenters. The number of nitrogens with one attached hydrogen (secondary N) is 2. The summed E-state index contributed by atoms with van der Waals surface area (Å²) in [6.45, 7) is 12.4. The molecule has 1 rings (SSSR count). The fourth-order valence-corrected chi connectivity index (χ4v) is 2.80. The highest BCUT2D eigenvalue weighted by Gasteiger charge is 2.38. The smallest absolute Gasteiger partial charge is 0.411 e. The van der Waals surface area contributed by atoms with Gasteiger partial charge < -0.3 is 35.9 Å². The molecular weight excluding hydrogens is 394 g/mol. The van der Waals surface area contributed by atoms with E-state index < -0.39 is 28.2 Å². The van der Waals surface area contributed by atoms with Gasteiger partial charge in [0.1, 0.15) is 18.1 Å². The van der Waals surface area contributed by atoms with Crippen molar-refractivity contribution in [3.05, 3.63) is 22.5 Å². The molecule has 0 aliphatic rings. The Labute approximate surface area is 176 Å². The maximum Gasteiger partial charge on any atom is 0.437 e. The molecule has 0 aliphatic carbocycles. The largest absolute Gasteiger partial charge is 0.437 e. The molecule has 12 nitrogen and oxygen atoms in total. The molecule has 0 spiro atoms. The van der Waals surface area contributed by atoms with Crippen molar-refractivity contribution < 1.29 is 20.1 Å². The quantitative estimate of drug-likeness (QED) is 0.122. The van der Waals surface area contributed by atoms with E-state index >= 15 is 0 Å². The van der Waals surface area contributed by atoms with Crippen LogP contribution in [0.4, 0.5) is 5.95 Å². The number of nitro groups is 1. The number of rotatable bonds is 13. The van der Waals surface area contributed by atoms with Gasteiger partial charge in [-0.05, 0) is 66.0 Å². The normalized spacial score (nSPS) is 14.7. The second-order valence-electron chi connectivity index (χ2n) is 7.83. The number of hydrogen-bond donors (Lipinski definition) is 4. The summed E-state index contributed by atoms with van der Waals surface area (Å²) in [6.07, 6.45) is 2.45. The topological polar surface area (TPSA) is 159 Å². The molecule has 0 amide bonds. The molecule has 0 saturated carbocycles. The first-order valence-corrected chi connectivity index (χ1v) is 9.72. The molecule has 1 unspecified atom stereocenters. The molecule has 0 fully saturated rings. The Bertz CT molecular complexity index is 758. The van der Waals surface area contributed by atoms with Gasteiger partial charge in [-0.25, -0.2) is 0 Å². The van der Waals surface area contributed by atoms with E-state index in [1.807, 2.05) is 13.8 Å². The first kappa shape index (κ1) is 25.5. The molecule has 4 N–H and O–H groups in total. The van der Waals surface area contributed by atoms with E-state index in [0.717, 1.165) is 6.42 Å². The summed E-state index contributed by atoms with van der Waals surface area (Å²) in [5.74, 6) is -0.405. The van der Waals surface area contributed by atoms with Crippen LogP contribution in [0.2, 0.25) is 0 Å². The maximum absolute atomic E-state index is 11.3. The fourth-order valence-electron chi connectivity index (χ4n) is 2.80. The lowest BCUT2D eigenvalue weighted by Crippen LogP contribution is -2.52. The predicted octanol–water partition coefficient (Wildman–Crippen LogP) is 2.13. The zero-order valence-electron chi connectivity index (χ0n) is 18.4. The van der Waals surface area contributed by atoms with Crippen LogP contribution in [0.25, 0.3) is 0 Å². The molecule has 30 heavy (non-hydrogen) atoms. The van der Waals surface area contributed by atoms with Crippen LogP contribution < -0.4 is 10.6 Å². The minimum atomic E-state index is -0.995. The lowest BCUT2D eigenvalue weighted by molar-refractivity contribution is -0.398. The van der Waals surface area contributed by atoms with E-state index in [9.17, 15) is 15.3 Å². The van der Waals surface area contributed by atoms with Crippen molar-refractivity contribution in [2.75, 3.05) is 19.7 Å². The molecule has 12 heteroatoms. The van der Waals surface area contributed by atoms with Crippen LogP contribution in [0.1, 0.15) is 54.2 Å². The van der Waals surface area contributed by atoms with Crippen molar-refractivity contribution in [1.29, 1.82) is 0 Å². The van der Waals surface area contributed by atoms with Gasteiger partial charge in [0.2, 0.25) is 6.23 Å². The van der Waals surface area contributed by atoms with E-state index in [1.165, 1.54) is 17.0 Å². The second kappa shape index (κ2) is 11.0. The monoisotopic (exact) mass is 427 g/mol. The molecule has 0 aliphatic heterocycles. The predicted molar refractivity (Wildman–Crippen MR) is 112 cm³/mol. The molecule has 0 radical (unpaired) electrons. The first-order chi connectivity index (χ1) is 14.0. The summed E-state index contributed by atoms with van der Waals surface area (Å²) >= 11 is 0. The van der Waals surface area contributed by atoms with E-state index in [1.54, 1.807) is 27.7 Å². The fraction of sp³-hybridized carbons (Fsp3) is 0.722. The third-order valence-corrected chi connectivity index (χ3v) is 4.91. The third kappa shape index (κ3) is 6.47. The standard InChI is InChI=1S/C18H33N7O5/c1-7-30-15(24-12-11-19-16(24)25(28)29)14(23-27)18(5,6)21-10-8-9-20-17(3,4)13(2)22-26/h11-12,15,20-21,26-27H,7-10H2,1-6H3. The summed E-state index contributed by atoms with van der Waals surface area (Å²) in [4.78, 5) is 14.4. The number of aromatic nitrogens is 2. The van der Waals surface area contributed by atoms with Crippen LogP contribution >= 0.6 is 0 Å². The summed E-state index contributed by atoms with van der Waals surface area (Å²) in [6, 6.07) is 0. The van der Waals surface area contributed by atoms with Gasteiger partial charge in [0.05, 0.1) is 16.8 Å². The molecule has 0 saturated heterocycles. The lowest BCUT2D eigenvalue weighted by atomic mass is 9.96. The summed E-state index contributed by atoms with van der Waals surface area (Å²) < 4.78 is 6.89. The van der Waals surface area contributed by atoms with Crippen molar-refractivity contribution >= 4 is 17.4 Å². The average molecular weight is 428 g/mol. The SMILES string of the molecule is CCOC(C(=NO)C(C)(C)NCCCNC(C)(C)C(C)=NO)n1ccnc1[N+](=O)[O-]. The van der Waals surface area contributed by atoms with Gasteiger partial charge >= 0.3 is 5.95 Å². The number of hydrogen-bond acceptors (Lipinski definition) is 10. The van der Waals surface area contributed by atoms with Crippen molar-refractivity contribution in [2.45, 2.75) is 65.3 Å². The van der Waals surface area contributed by atoms with Gasteiger partial charge in [0.25, 0.3) is 0 Å². The van der Waals surface area contributed by atoms with Crippen LogP contribution in [0, 0.1) is 10.1 Å². The highest BCUT2D eigenvalue weighted by Crippen LogP contribution is 2.24. The first-order valence-electron chi connectivity index (χ1n) is 9.72. The van der Waals surface area contributed by atoms with Crippen LogP contribution in [0.5, 0.6) is 0 Å². The Balaban J connectivity index is 2.84. The Morgan fingerprint density at radius 1 is 1.27 bits per heavy atom. The number of ether oxygens (including phenoxy) is 1. The Morgan fingerprint density at radius 2 is 1.87 bits per heavy atom. The van der Waals surface area contributed by atoms with Gasteiger partial charge in [-0.15, -0.1) is 0 Å². The van der Waals surface area contributed by atoms with Crippen molar-refractivity contribution in [3.8, 4) is 0 Å². The van der Waals surface area contributed by atoms with E-state index in [-0.39, 0.29) is 12.3 Å². The van der Waals surface area contributed by atoms with Crippen LogP contribution in [0.3, 0.4) is 0 Å².